The quantitative estimate of drug-likeness (QED) is 0.473. The van der Waals surface area contributed by atoms with E-state index >= 15 is 0 Å². The number of hydrogen-bond donors (Lipinski definition) is 0. The van der Waals surface area contributed by atoms with Crippen LogP contribution in [0.4, 0.5) is 0 Å². The van der Waals surface area contributed by atoms with Crippen LogP contribution in [0.5, 0.6) is 0 Å². The van der Waals surface area contributed by atoms with Crippen molar-refractivity contribution >= 4 is 21.8 Å². The molecule has 4 rings (SSSR count). The molecule has 0 aliphatic carbocycles. The second-order valence-electron chi connectivity index (χ2n) is 8.40. The highest BCUT2D eigenvalue weighted by molar-refractivity contribution is 7.91. The molecular weight excluding hydrogens is 434 g/mol. The number of carbonyl (C=O) groups is 1. The van der Waals surface area contributed by atoms with E-state index in [0.29, 0.717) is 19.5 Å². The minimum Gasteiger partial charge on any atom is -0.335 e. The SMILES string of the molecule is CCCN(C(=O)/C=C/c1cn(Cc2ccccc2)nc1-c1ccccc1)C1CCS(=O)(=O)C1. The lowest BCUT2D eigenvalue weighted by Gasteiger charge is -2.26. The number of carbonyl (C=O) groups excluding carboxylic acids is 1. The van der Waals surface area contributed by atoms with Crippen LogP contribution in [-0.4, -0.2) is 53.1 Å². The molecule has 1 saturated heterocycles. The molecule has 1 aromatic heterocycles. The van der Waals surface area contributed by atoms with Crippen LogP contribution in [0.15, 0.2) is 72.9 Å². The Morgan fingerprint density at radius 1 is 1.12 bits per heavy atom. The normalized spacial score (nSPS) is 17.4. The summed E-state index contributed by atoms with van der Waals surface area (Å²) in [6.07, 6.45) is 6.58. The number of benzene rings is 2. The Balaban J connectivity index is 1.60. The minimum atomic E-state index is -3.06. The molecule has 2 heterocycles. The molecule has 3 aromatic rings. The number of nitrogens with zero attached hydrogens (tertiary/aromatic N) is 3. The van der Waals surface area contributed by atoms with Gasteiger partial charge >= 0.3 is 0 Å². The van der Waals surface area contributed by atoms with Crippen molar-refractivity contribution in [3.05, 3.63) is 84.1 Å². The van der Waals surface area contributed by atoms with Crippen LogP contribution in [0.2, 0.25) is 0 Å². The fraction of sp³-hybridized carbons (Fsp3) is 0.308. The van der Waals surface area contributed by atoms with Crippen molar-refractivity contribution < 1.29 is 13.2 Å². The minimum absolute atomic E-state index is 0.0524. The van der Waals surface area contributed by atoms with E-state index in [2.05, 4.69) is 12.1 Å². The van der Waals surface area contributed by atoms with Crippen LogP contribution >= 0.6 is 0 Å². The fourth-order valence-corrected chi connectivity index (χ4v) is 5.95. The van der Waals surface area contributed by atoms with E-state index in [9.17, 15) is 13.2 Å². The number of rotatable bonds is 8. The molecule has 2 aromatic carbocycles. The fourth-order valence-electron chi connectivity index (χ4n) is 4.22. The highest BCUT2D eigenvalue weighted by atomic mass is 32.2. The Hall–Kier alpha value is -3.19. The van der Waals surface area contributed by atoms with Crippen molar-refractivity contribution in [1.82, 2.24) is 14.7 Å². The summed E-state index contributed by atoms with van der Waals surface area (Å²) in [5.41, 5.74) is 3.77. The van der Waals surface area contributed by atoms with Crippen molar-refractivity contribution in [2.24, 2.45) is 0 Å². The van der Waals surface area contributed by atoms with Gasteiger partial charge in [0.15, 0.2) is 9.84 Å². The zero-order valence-corrected chi connectivity index (χ0v) is 19.6. The summed E-state index contributed by atoms with van der Waals surface area (Å²) in [6, 6.07) is 19.7. The monoisotopic (exact) mass is 463 g/mol. The summed E-state index contributed by atoms with van der Waals surface area (Å²) in [5.74, 6) is 0.0460. The molecule has 0 spiro atoms. The molecule has 1 fully saturated rings. The molecule has 6 nitrogen and oxygen atoms in total. The first-order chi connectivity index (χ1) is 15.9. The molecule has 33 heavy (non-hydrogen) atoms. The van der Waals surface area contributed by atoms with Gasteiger partial charge in [-0.05, 0) is 24.5 Å². The lowest BCUT2D eigenvalue weighted by Crippen LogP contribution is -2.40. The highest BCUT2D eigenvalue weighted by Crippen LogP contribution is 2.24. The van der Waals surface area contributed by atoms with Crippen LogP contribution in [0.3, 0.4) is 0 Å². The Morgan fingerprint density at radius 3 is 2.45 bits per heavy atom. The lowest BCUT2D eigenvalue weighted by molar-refractivity contribution is -0.127. The lowest BCUT2D eigenvalue weighted by atomic mass is 10.1. The van der Waals surface area contributed by atoms with Gasteiger partial charge in [0.2, 0.25) is 5.91 Å². The Kier molecular flexibility index (Phi) is 7.08. The van der Waals surface area contributed by atoms with E-state index < -0.39 is 9.84 Å². The third kappa shape index (κ3) is 5.79. The van der Waals surface area contributed by atoms with Crippen LogP contribution in [-0.2, 0) is 21.2 Å². The molecule has 0 radical (unpaired) electrons. The molecule has 1 amide bonds. The van der Waals surface area contributed by atoms with Crippen molar-refractivity contribution in [1.29, 1.82) is 0 Å². The maximum absolute atomic E-state index is 13.1. The third-order valence-electron chi connectivity index (χ3n) is 5.83. The van der Waals surface area contributed by atoms with Crippen LogP contribution in [0, 0.1) is 0 Å². The van der Waals surface area contributed by atoms with Gasteiger partial charge in [0.25, 0.3) is 0 Å². The standard InChI is InChI=1S/C26H29N3O3S/c1-2-16-29(24-15-17-33(31,32)20-24)25(30)14-13-23-19-28(18-21-9-5-3-6-10-21)27-26(23)22-11-7-4-8-12-22/h3-14,19,24H,2,15-18,20H2,1H3/b14-13+. The Bertz CT molecular complexity index is 1220. The van der Waals surface area contributed by atoms with Gasteiger partial charge in [0.1, 0.15) is 0 Å². The van der Waals surface area contributed by atoms with E-state index in [0.717, 1.165) is 28.8 Å². The van der Waals surface area contributed by atoms with Gasteiger partial charge in [-0.2, -0.15) is 5.10 Å². The predicted molar refractivity (Wildman–Crippen MR) is 131 cm³/mol. The topological polar surface area (TPSA) is 72.3 Å². The van der Waals surface area contributed by atoms with E-state index in [1.807, 2.05) is 66.3 Å². The first-order valence-electron chi connectivity index (χ1n) is 11.3. The van der Waals surface area contributed by atoms with Gasteiger partial charge in [-0.1, -0.05) is 67.6 Å². The van der Waals surface area contributed by atoms with E-state index in [-0.39, 0.29) is 23.5 Å². The summed E-state index contributed by atoms with van der Waals surface area (Å²) in [7, 11) is -3.06. The zero-order valence-electron chi connectivity index (χ0n) is 18.8. The molecule has 1 aliphatic rings. The largest absolute Gasteiger partial charge is 0.335 e. The van der Waals surface area contributed by atoms with Crippen molar-refractivity contribution in [3.63, 3.8) is 0 Å². The Labute approximate surface area is 195 Å². The van der Waals surface area contributed by atoms with Gasteiger partial charge in [-0.15, -0.1) is 0 Å². The van der Waals surface area contributed by atoms with Crippen LogP contribution in [0.25, 0.3) is 17.3 Å². The van der Waals surface area contributed by atoms with Gasteiger partial charge in [-0.3, -0.25) is 9.48 Å². The second-order valence-corrected chi connectivity index (χ2v) is 10.6. The molecule has 1 aliphatic heterocycles. The molecule has 1 unspecified atom stereocenters. The summed E-state index contributed by atoms with van der Waals surface area (Å²) in [4.78, 5) is 14.8. The highest BCUT2D eigenvalue weighted by Gasteiger charge is 2.33. The van der Waals surface area contributed by atoms with Crippen molar-refractivity contribution in [3.8, 4) is 11.3 Å². The van der Waals surface area contributed by atoms with Gasteiger partial charge < -0.3 is 4.90 Å². The molecular formula is C26H29N3O3S. The number of hydrogen-bond acceptors (Lipinski definition) is 4. The average molecular weight is 464 g/mol. The molecule has 7 heteroatoms. The maximum atomic E-state index is 13.1. The van der Waals surface area contributed by atoms with E-state index in [1.54, 1.807) is 17.1 Å². The van der Waals surface area contributed by atoms with Crippen molar-refractivity contribution in [2.75, 3.05) is 18.1 Å². The number of sulfone groups is 1. The Morgan fingerprint density at radius 2 is 1.82 bits per heavy atom. The average Bonchev–Trinajstić information content (AvgIpc) is 3.39. The van der Waals surface area contributed by atoms with Crippen LogP contribution < -0.4 is 0 Å². The molecule has 0 saturated carbocycles. The van der Waals surface area contributed by atoms with Crippen LogP contribution in [0.1, 0.15) is 30.9 Å². The summed E-state index contributed by atoms with van der Waals surface area (Å²) < 4.78 is 25.8. The predicted octanol–water partition coefficient (Wildman–Crippen LogP) is 4.04. The third-order valence-corrected chi connectivity index (χ3v) is 7.58. The molecule has 1 atom stereocenters. The summed E-state index contributed by atoms with van der Waals surface area (Å²) >= 11 is 0. The van der Waals surface area contributed by atoms with E-state index in [4.69, 9.17) is 5.10 Å². The van der Waals surface area contributed by atoms with Gasteiger partial charge in [-0.25, -0.2) is 8.42 Å². The van der Waals surface area contributed by atoms with Gasteiger partial charge in [0, 0.05) is 36.0 Å². The smallest absolute Gasteiger partial charge is 0.246 e. The molecule has 172 valence electrons. The number of amides is 1. The number of aromatic nitrogens is 2. The van der Waals surface area contributed by atoms with Crippen molar-refractivity contribution in [2.45, 2.75) is 32.4 Å². The zero-order chi connectivity index (χ0) is 23.3. The van der Waals surface area contributed by atoms with E-state index in [1.165, 1.54) is 0 Å². The van der Waals surface area contributed by atoms with Gasteiger partial charge in [0.05, 0.1) is 23.7 Å². The summed E-state index contributed by atoms with van der Waals surface area (Å²) in [6.45, 7) is 3.17. The summed E-state index contributed by atoms with van der Waals surface area (Å²) in [5, 5.41) is 4.79. The first kappa shape index (κ1) is 23.0. The first-order valence-corrected chi connectivity index (χ1v) is 13.1. The molecule has 0 bridgehead atoms. The molecule has 0 N–H and O–H groups in total. The maximum Gasteiger partial charge on any atom is 0.246 e. The second kappa shape index (κ2) is 10.2.